The fourth-order valence-electron chi connectivity index (χ4n) is 3.46. The van der Waals surface area contributed by atoms with Gasteiger partial charge in [-0.1, -0.05) is 35.9 Å². The number of carbonyl (C=O) groups excluding carboxylic acids is 1. The fourth-order valence-corrected chi connectivity index (χ4v) is 3.46. The van der Waals surface area contributed by atoms with Crippen molar-refractivity contribution in [3.63, 3.8) is 0 Å². The maximum Gasteiger partial charge on any atom is 0.352 e. The van der Waals surface area contributed by atoms with Crippen molar-refractivity contribution in [1.29, 1.82) is 0 Å². The highest BCUT2D eigenvalue weighted by atomic mass is 16.2. The molecule has 3 aromatic rings. The number of carbonyl (C=O) groups is 1. The van der Waals surface area contributed by atoms with Crippen LogP contribution in [0.15, 0.2) is 52.1 Å². The van der Waals surface area contributed by atoms with Crippen LogP contribution >= 0.6 is 0 Å². The summed E-state index contributed by atoms with van der Waals surface area (Å²) in [7, 11) is 0. The van der Waals surface area contributed by atoms with Crippen LogP contribution in [0.3, 0.4) is 0 Å². The van der Waals surface area contributed by atoms with E-state index in [-0.39, 0.29) is 12.2 Å². The van der Waals surface area contributed by atoms with Gasteiger partial charge in [0.15, 0.2) is 0 Å². The smallest absolute Gasteiger partial charge is 0.350 e. The Hall–Kier alpha value is -3.48. The van der Waals surface area contributed by atoms with E-state index < -0.39 is 17.2 Å². The van der Waals surface area contributed by atoms with Crippen molar-refractivity contribution in [2.24, 2.45) is 5.92 Å². The summed E-state index contributed by atoms with van der Waals surface area (Å²) in [6, 6.07) is 13.1. The molecule has 0 aliphatic heterocycles. The number of aromatic nitrogens is 3. The molecule has 1 heterocycles. The monoisotopic (exact) mass is 418 g/mol. The van der Waals surface area contributed by atoms with E-state index in [1.165, 1.54) is 0 Å². The van der Waals surface area contributed by atoms with Crippen LogP contribution in [-0.2, 0) is 6.54 Å². The van der Waals surface area contributed by atoms with Crippen molar-refractivity contribution in [2.45, 2.75) is 40.2 Å². The van der Waals surface area contributed by atoms with E-state index in [1.807, 2.05) is 57.2 Å². The molecule has 1 aliphatic rings. The molecule has 1 aromatic heterocycles. The van der Waals surface area contributed by atoms with E-state index >= 15 is 0 Å². The summed E-state index contributed by atoms with van der Waals surface area (Å²) >= 11 is 0. The molecule has 0 radical (unpaired) electrons. The standard InChI is InChI=1S/C24H26N4O3/c1-15-5-4-6-19(11-15)14-27-23(30)21(22(29)25-13-18-8-9-18)26-28(24(27)31)20-10-7-16(2)17(3)12-20/h4-7,10-12,18H,8-9,13-14H2,1-3H3,(H,25,29). The molecular formula is C24H26N4O3. The number of benzene rings is 2. The first-order valence-corrected chi connectivity index (χ1v) is 10.5. The van der Waals surface area contributed by atoms with E-state index in [4.69, 9.17) is 0 Å². The number of hydrogen-bond donors (Lipinski definition) is 1. The van der Waals surface area contributed by atoms with Gasteiger partial charge >= 0.3 is 5.69 Å². The first-order chi connectivity index (χ1) is 14.8. The number of rotatable bonds is 6. The SMILES string of the molecule is Cc1cccc(Cn2c(=O)c(C(=O)NCC3CC3)nn(-c3ccc(C)c(C)c3)c2=O)c1. The number of aryl methyl sites for hydroxylation is 3. The second-order valence-electron chi connectivity index (χ2n) is 8.35. The number of amides is 1. The van der Waals surface area contributed by atoms with Crippen LogP contribution in [0.25, 0.3) is 5.69 Å². The molecule has 0 bridgehead atoms. The topological polar surface area (TPSA) is 86.0 Å². The molecule has 1 aliphatic carbocycles. The molecule has 160 valence electrons. The van der Waals surface area contributed by atoms with Crippen molar-refractivity contribution in [3.05, 3.63) is 91.3 Å². The highest BCUT2D eigenvalue weighted by Gasteiger charge is 2.25. The Morgan fingerprint density at radius 3 is 2.52 bits per heavy atom. The van der Waals surface area contributed by atoms with Crippen LogP contribution in [-0.4, -0.2) is 26.8 Å². The first-order valence-electron chi connectivity index (χ1n) is 10.5. The van der Waals surface area contributed by atoms with Crippen LogP contribution in [0.2, 0.25) is 0 Å². The van der Waals surface area contributed by atoms with Crippen LogP contribution in [0.1, 0.15) is 45.6 Å². The van der Waals surface area contributed by atoms with Crippen LogP contribution < -0.4 is 16.6 Å². The van der Waals surface area contributed by atoms with Crippen LogP contribution in [0.4, 0.5) is 0 Å². The van der Waals surface area contributed by atoms with Crippen LogP contribution in [0.5, 0.6) is 0 Å². The molecule has 1 fully saturated rings. The van der Waals surface area contributed by atoms with Crippen molar-refractivity contribution in [1.82, 2.24) is 19.7 Å². The second-order valence-corrected chi connectivity index (χ2v) is 8.35. The van der Waals surface area contributed by atoms with Crippen molar-refractivity contribution in [2.75, 3.05) is 6.54 Å². The minimum absolute atomic E-state index is 0.0651. The van der Waals surface area contributed by atoms with Gasteiger partial charge in [-0.05, 0) is 68.4 Å². The largest absolute Gasteiger partial charge is 0.352 e. The lowest BCUT2D eigenvalue weighted by atomic mass is 10.1. The maximum atomic E-state index is 13.3. The summed E-state index contributed by atoms with van der Waals surface area (Å²) in [5, 5.41) is 6.98. The Balaban J connectivity index is 1.84. The lowest BCUT2D eigenvalue weighted by Crippen LogP contribution is -2.46. The molecule has 7 heteroatoms. The van der Waals surface area contributed by atoms with E-state index in [1.54, 1.807) is 6.07 Å². The summed E-state index contributed by atoms with van der Waals surface area (Å²) in [6.07, 6.45) is 2.15. The molecule has 1 amide bonds. The third-order valence-corrected chi connectivity index (χ3v) is 5.68. The zero-order valence-corrected chi connectivity index (χ0v) is 18.0. The number of hydrogen-bond acceptors (Lipinski definition) is 4. The summed E-state index contributed by atoms with van der Waals surface area (Å²) in [6.45, 7) is 6.44. The molecule has 0 spiro atoms. The minimum Gasteiger partial charge on any atom is -0.350 e. The average Bonchev–Trinajstić information content (AvgIpc) is 3.56. The molecule has 0 saturated heterocycles. The van der Waals surface area contributed by atoms with Gasteiger partial charge in [0.25, 0.3) is 11.5 Å². The predicted molar refractivity (Wildman–Crippen MR) is 119 cm³/mol. The Bertz CT molecular complexity index is 1270. The Labute approximate surface area is 180 Å². The summed E-state index contributed by atoms with van der Waals surface area (Å²) in [4.78, 5) is 39.1. The summed E-state index contributed by atoms with van der Waals surface area (Å²) < 4.78 is 2.23. The Morgan fingerprint density at radius 1 is 1.06 bits per heavy atom. The minimum atomic E-state index is -0.681. The molecule has 0 atom stereocenters. The highest BCUT2D eigenvalue weighted by Crippen LogP contribution is 2.27. The maximum absolute atomic E-state index is 13.3. The van der Waals surface area contributed by atoms with E-state index in [2.05, 4.69) is 10.4 Å². The second kappa shape index (κ2) is 8.34. The Morgan fingerprint density at radius 2 is 1.84 bits per heavy atom. The first kappa shape index (κ1) is 20.8. The quantitative estimate of drug-likeness (QED) is 0.667. The van der Waals surface area contributed by atoms with E-state index in [9.17, 15) is 14.4 Å². The Kier molecular flexibility index (Phi) is 5.59. The highest BCUT2D eigenvalue weighted by molar-refractivity contribution is 5.91. The molecule has 1 saturated carbocycles. The molecular weight excluding hydrogens is 392 g/mol. The number of nitrogens with one attached hydrogen (secondary N) is 1. The van der Waals surface area contributed by atoms with Gasteiger partial charge in [0.05, 0.1) is 12.2 Å². The van der Waals surface area contributed by atoms with Crippen LogP contribution in [0, 0.1) is 26.7 Å². The molecule has 31 heavy (non-hydrogen) atoms. The van der Waals surface area contributed by atoms with Gasteiger partial charge in [-0.15, -0.1) is 0 Å². The predicted octanol–water partition coefficient (Wildman–Crippen LogP) is 2.51. The third kappa shape index (κ3) is 4.50. The zero-order chi connectivity index (χ0) is 22.1. The van der Waals surface area contributed by atoms with Gasteiger partial charge in [-0.3, -0.25) is 14.2 Å². The van der Waals surface area contributed by atoms with Gasteiger partial charge in [-0.2, -0.15) is 9.78 Å². The van der Waals surface area contributed by atoms with Gasteiger partial charge < -0.3 is 5.32 Å². The normalized spacial score (nSPS) is 13.3. The van der Waals surface area contributed by atoms with Crippen molar-refractivity contribution >= 4 is 5.91 Å². The molecule has 7 nitrogen and oxygen atoms in total. The van der Waals surface area contributed by atoms with Gasteiger partial charge in [0.2, 0.25) is 5.69 Å². The van der Waals surface area contributed by atoms with Crippen molar-refractivity contribution < 1.29 is 4.79 Å². The van der Waals surface area contributed by atoms with Crippen molar-refractivity contribution in [3.8, 4) is 5.69 Å². The lowest BCUT2D eigenvalue weighted by Gasteiger charge is -2.13. The third-order valence-electron chi connectivity index (χ3n) is 5.68. The number of nitrogens with zero attached hydrogens (tertiary/aromatic N) is 3. The van der Waals surface area contributed by atoms with Gasteiger partial charge in [0, 0.05) is 6.54 Å². The summed E-state index contributed by atoms with van der Waals surface area (Å²) in [5.41, 5.74) is 2.88. The van der Waals surface area contributed by atoms with E-state index in [0.717, 1.165) is 44.3 Å². The molecule has 0 unspecified atom stereocenters. The average molecular weight is 418 g/mol. The van der Waals surface area contributed by atoms with Gasteiger partial charge in [0.1, 0.15) is 0 Å². The fraction of sp³-hybridized carbons (Fsp3) is 0.333. The molecule has 4 rings (SSSR count). The van der Waals surface area contributed by atoms with E-state index in [0.29, 0.717) is 18.2 Å². The zero-order valence-electron chi connectivity index (χ0n) is 18.0. The molecule has 2 aromatic carbocycles. The lowest BCUT2D eigenvalue weighted by molar-refractivity contribution is 0.0942. The summed E-state index contributed by atoms with van der Waals surface area (Å²) in [5.74, 6) is -0.0865. The van der Waals surface area contributed by atoms with Gasteiger partial charge in [-0.25, -0.2) is 4.79 Å². The molecule has 1 N–H and O–H groups in total.